The summed E-state index contributed by atoms with van der Waals surface area (Å²) in [5, 5.41) is 6.36. The molecule has 36 heavy (non-hydrogen) atoms. The summed E-state index contributed by atoms with van der Waals surface area (Å²) in [7, 11) is 0. The number of aromatic nitrogens is 1. The molecule has 2 amide bonds. The average molecular weight is 487 g/mol. The van der Waals surface area contributed by atoms with Crippen molar-refractivity contribution in [3.8, 4) is 11.1 Å². The predicted octanol–water partition coefficient (Wildman–Crippen LogP) is 4.33. The van der Waals surface area contributed by atoms with Crippen molar-refractivity contribution in [2.24, 2.45) is 5.92 Å². The standard InChI is InChI=1S/C28H30N4O4/c33-27(20-7-12-35-13-8-20)31-26-19-21(6-9-29-26)22-16-23(28(34)32-10-14-36-15-11-32)18-25(17-22)30-24-4-2-1-3-5-24/h1-6,9,16-20,30H,7-8,10-15H2,(H,29,31,33). The minimum Gasteiger partial charge on any atom is -0.381 e. The van der Waals surface area contributed by atoms with Gasteiger partial charge in [-0.1, -0.05) is 18.2 Å². The Labute approximate surface area is 210 Å². The SMILES string of the molecule is O=C(Nc1cc(-c2cc(Nc3ccccc3)cc(C(=O)N3CCOCC3)c2)ccn1)C1CCOCC1. The van der Waals surface area contributed by atoms with Crippen LogP contribution in [-0.2, 0) is 14.3 Å². The molecule has 3 heterocycles. The third-order valence-corrected chi connectivity index (χ3v) is 6.48. The number of nitrogens with one attached hydrogen (secondary N) is 2. The molecule has 2 N–H and O–H groups in total. The number of benzene rings is 2. The molecule has 0 unspecified atom stereocenters. The van der Waals surface area contributed by atoms with Gasteiger partial charge in [-0.25, -0.2) is 4.98 Å². The zero-order valence-corrected chi connectivity index (χ0v) is 20.1. The lowest BCUT2D eigenvalue weighted by Crippen LogP contribution is -2.40. The van der Waals surface area contributed by atoms with E-state index < -0.39 is 0 Å². The van der Waals surface area contributed by atoms with Crippen LogP contribution in [0.25, 0.3) is 11.1 Å². The molecule has 2 aliphatic heterocycles. The summed E-state index contributed by atoms with van der Waals surface area (Å²) in [5.74, 6) is 0.357. The molecular formula is C28H30N4O4. The molecule has 2 saturated heterocycles. The van der Waals surface area contributed by atoms with Crippen LogP contribution in [0.2, 0.25) is 0 Å². The lowest BCUT2D eigenvalue weighted by molar-refractivity contribution is -0.122. The molecular weight excluding hydrogens is 456 g/mol. The number of hydrogen-bond donors (Lipinski definition) is 2. The largest absolute Gasteiger partial charge is 0.381 e. The van der Waals surface area contributed by atoms with Gasteiger partial charge in [0.25, 0.3) is 5.91 Å². The van der Waals surface area contributed by atoms with Crippen LogP contribution in [0.5, 0.6) is 0 Å². The third-order valence-electron chi connectivity index (χ3n) is 6.48. The average Bonchev–Trinajstić information content (AvgIpc) is 2.94. The number of carbonyl (C=O) groups is 2. The van der Waals surface area contributed by atoms with Crippen molar-refractivity contribution < 1.29 is 19.1 Å². The van der Waals surface area contributed by atoms with Gasteiger partial charge < -0.3 is 25.0 Å². The summed E-state index contributed by atoms with van der Waals surface area (Å²) in [6.07, 6.45) is 3.10. The minimum atomic E-state index is -0.0691. The van der Waals surface area contributed by atoms with Gasteiger partial charge in [0.1, 0.15) is 5.82 Å². The first kappa shape index (κ1) is 24.0. The van der Waals surface area contributed by atoms with E-state index in [0.29, 0.717) is 63.7 Å². The summed E-state index contributed by atoms with van der Waals surface area (Å²) < 4.78 is 10.8. The molecule has 0 spiro atoms. The Morgan fingerprint density at radius 1 is 0.833 bits per heavy atom. The number of pyridine rings is 1. The Hall–Kier alpha value is -3.75. The normalized spacial score (nSPS) is 16.4. The molecule has 2 fully saturated rings. The summed E-state index contributed by atoms with van der Waals surface area (Å²) in [4.78, 5) is 32.2. The molecule has 2 aromatic carbocycles. The summed E-state index contributed by atoms with van der Waals surface area (Å²) in [6, 6.07) is 19.3. The second-order valence-corrected chi connectivity index (χ2v) is 9.00. The van der Waals surface area contributed by atoms with E-state index >= 15 is 0 Å². The number of rotatable bonds is 6. The third kappa shape index (κ3) is 5.90. The van der Waals surface area contributed by atoms with Crippen LogP contribution in [0, 0.1) is 5.92 Å². The maximum absolute atomic E-state index is 13.3. The van der Waals surface area contributed by atoms with Gasteiger partial charge >= 0.3 is 0 Å². The van der Waals surface area contributed by atoms with E-state index in [-0.39, 0.29) is 17.7 Å². The molecule has 2 aliphatic rings. The number of anilines is 3. The highest BCUT2D eigenvalue weighted by molar-refractivity contribution is 5.97. The van der Waals surface area contributed by atoms with Crippen LogP contribution in [0.3, 0.4) is 0 Å². The number of morpholine rings is 1. The molecule has 0 bridgehead atoms. The highest BCUT2D eigenvalue weighted by atomic mass is 16.5. The zero-order chi connectivity index (χ0) is 24.7. The Kier molecular flexibility index (Phi) is 7.54. The number of hydrogen-bond acceptors (Lipinski definition) is 6. The summed E-state index contributed by atoms with van der Waals surface area (Å²) in [5.41, 5.74) is 4.05. The van der Waals surface area contributed by atoms with Gasteiger partial charge in [0.15, 0.2) is 0 Å². The monoisotopic (exact) mass is 486 g/mol. The molecule has 5 rings (SSSR count). The molecule has 0 atom stereocenters. The summed E-state index contributed by atoms with van der Waals surface area (Å²) >= 11 is 0. The van der Waals surface area contributed by atoms with Crippen molar-refractivity contribution >= 4 is 29.0 Å². The molecule has 0 radical (unpaired) electrons. The van der Waals surface area contributed by atoms with Crippen LogP contribution in [-0.4, -0.2) is 61.2 Å². The Morgan fingerprint density at radius 2 is 1.58 bits per heavy atom. The fraction of sp³-hybridized carbons (Fsp3) is 0.321. The van der Waals surface area contributed by atoms with Crippen molar-refractivity contribution in [2.75, 3.05) is 50.2 Å². The zero-order valence-electron chi connectivity index (χ0n) is 20.1. The van der Waals surface area contributed by atoms with Crippen LogP contribution in [0.15, 0.2) is 66.9 Å². The highest BCUT2D eigenvalue weighted by Gasteiger charge is 2.23. The predicted molar refractivity (Wildman–Crippen MR) is 138 cm³/mol. The first-order chi connectivity index (χ1) is 17.7. The van der Waals surface area contributed by atoms with E-state index in [1.807, 2.05) is 65.6 Å². The minimum absolute atomic E-state index is 0.0293. The van der Waals surface area contributed by atoms with Crippen molar-refractivity contribution in [2.45, 2.75) is 12.8 Å². The van der Waals surface area contributed by atoms with Gasteiger partial charge in [0.05, 0.1) is 13.2 Å². The van der Waals surface area contributed by atoms with E-state index in [1.54, 1.807) is 6.20 Å². The van der Waals surface area contributed by atoms with Crippen molar-refractivity contribution in [1.82, 2.24) is 9.88 Å². The van der Waals surface area contributed by atoms with Gasteiger partial charge in [-0.3, -0.25) is 9.59 Å². The Balaban J connectivity index is 1.43. The Morgan fingerprint density at radius 3 is 2.36 bits per heavy atom. The van der Waals surface area contributed by atoms with Crippen LogP contribution >= 0.6 is 0 Å². The van der Waals surface area contributed by atoms with E-state index in [9.17, 15) is 9.59 Å². The Bertz CT molecular complexity index is 1210. The molecule has 8 nitrogen and oxygen atoms in total. The quantitative estimate of drug-likeness (QED) is 0.539. The van der Waals surface area contributed by atoms with Gasteiger partial charge in [-0.2, -0.15) is 0 Å². The first-order valence-electron chi connectivity index (χ1n) is 12.3. The van der Waals surface area contributed by atoms with Gasteiger partial charge in [-0.15, -0.1) is 0 Å². The molecule has 0 aliphatic carbocycles. The first-order valence-corrected chi connectivity index (χ1v) is 12.3. The number of nitrogens with zero attached hydrogens (tertiary/aromatic N) is 2. The molecule has 1 aromatic heterocycles. The van der Waals surface area contributed by atoms with E-state index in [4.69, 9.17) is 9.47 Å². The van der Waals surface area contributed by atoms with Crippen molar-refractivity contribution in [1.29, 1.82) is 0 Å². The number of ether oxygens (including phenoxy) is 2. The van der Waals surface area contributed by atoms with E-state index in [1.165, 1.54) is 0 Å². The second kappa shape index (κ2) is 11.3. The van der Waals surface area contributed by atoms with E-state index in [2.05, 4.69) is 15.6 Å². The van der Waals surface area contributed by atoms with Gasteiger partial charge in [-0.05, 0) is 66.4 Å². The molecule has 8 heteroatoms. The molecule has 186 valence electrons. The smallest absolute Gasteiger partial charge is 0.254 e. The van der Waals surface area contributed by atoms with Crippen LogP contribution < -0.4 is 10.6 Å². The topological polar surface area (TPSA) is 92.8 Å². The highest BCUT2D eigenvalue weighted by Crippen LogP contribution is 2.29. The maximum Gasteiger partial charge on any atom is 0.254 e. The number of carbonyl (C=O) groups excluding carboxylic acids is 2. The molecule has 0 saturated carbocycles. The van der Waals surface area contributed by atoms with Crippen molar-refractivity contribution in [3.05, 3.63) is 72.4 Å². The number of amides is 2. The second-order valence-electron chi connectivity index (χ2n) is 9.00. The fourth-order valence-corrected chi connectivity index (χ4v) is 4.49. The fourth-order valence-electron chi connectivity index (χ4n) is 4.49. The lowest BCUT2D eigenvalue weighted by Gasteiger charge is -2.27. The van der Waals surface area contributed by atoms with Crippen LogP contribution in [0.1, 0.15) is 23.2 Å². The maximum atomic E-state index is 13.3. The van der Waals surface area contributed by atoms with Gasteiger partial charge in [0.2, 0.25) is 5.91 Å². The lowest BCUT2D eigenvalue weighted by atomic mass is 9.99. The van der Waals surface area contributed by atoms with Crippen molar-refractivity contribution in [3.63, 3.8) is 0 Å². The summed E-state index contributed by atoms with van der Waals surface area (Å²) in [6.45, 7) is 3.44. The number of para-hydroxylation sites is 1. The van der Waals surface area contributed by atoms with E-state index in [0.717, 1.165) is 22.5 Å². The van der Waals surface area contributed by atoms with Crippen LogP contribution in [0.4, 0.5) is 17.2 Å². The van der Waals surface area contributed by atoms with Gasteiger partial charge in [0, 0.05) is 55.4 Å². The molecule has 3 aromatic rings.